The fourth-order valence-electron chi connectivity index (χ4n) is 16.7. The molecule has 11 N–H and O–H groups in total. The minimum Gasteiger partial charge on any atom is -0.396 e. The van der Waals surface area contributed by atoms with Gasteiger partial charge in [0.05, 0.1) is 59.0 Å². The minimum atomic E-state index is -1.69. The van der Waals surface area contributed by atoms with E-state index in [1.807, 2.05) is 19.1 Å². The van der Waals surface area contributed by atoms with E-state index < -0.39 is 69.3 Å². The number of hydrogen-bond acceptors (Lipinski definition) is 12. The largest absolute Gasteiger partial charge is 0.396 e. The summed E-state index contributed by atoms with van der Waals surface area (Å²) in [5.41, 5.74) is 1.06. The number of allylic oxidation sites excluding steroid dienone is 4. The number of hydrogen-bond donors (Lipinski definition) is 10. The predicted octanol–water partition coefficient (Wildman–Crippen LogP) is 4.91. The van der Waals surface area contributed by atoms with Crippen molar-refractivity contribution in [3.05, 3.63) is 34.7 Å². The quantitative estimate of drug-likeness (QED) is 0.112. The number of carbonyl (C=O) groups excluding carboxylic acids is 1. The molecule has 10 aliphatic rings. The Kier molecular flexibility index (Phi) is 13.1. The maximum absolute atomic E-state index is 15.9. The lowest BCUT2D eigenvalue weighted by Gasteiger charge is -2.67. The number of fused-ring (bicyclic) bond motifs is 7. The van der Waals surface area contributed by atoms with E-state index in [0.717, 1.165) is 49.8 Å². The predicted molar refractivity (Wildman–Crippen MR) is 247 cm³/mol. The molecule has 1 unspecified atom stereocenters. The summed E-state index contributed by atoms with van der Waals surface area (Å²) < 4.78 is 7.11. The molecule has 4 bridgehead atoms. The minimum absolute atomic E-state index is 0.0123. The molecule has 10 rings (SSSR count). The van der Waals surface area contributed by atoms with Crippen LogP contribution >= 0.6 is 0 Å². The highest BCUT2D eigenvalue weighted by Crippen LogP contribution is 2.75. The number of aliphatic hydroxyl groups excluding tert-OH is 4. The molecule has 6 fully saturated rings. The van der Waals surface area contributed by atoms with Gasteiger partial charge in [-0.25, -0.2) is 0 Å². The highest BCUT2D eigenvalue weighted by molar-refractivity contribution is 6.03. The third-order valence-electron chi connectivity index (χ3n) is 19.8. The summed E-state index contributed by atoms with van der Waals surface area (Å²) in [6, 6.07) is 0. The van der Waals surface area contributed by atoms with Crippen LogP contribution in [-0.2, 0) is 9.53 Å². The summed E-state index contributed by atoms with van der Waals surface area (Å²) in [6.07, 6.45) is 14.3. The summed E-state index contributed by atoms with van der Waals surface area (Å²) in [5.74, 6) is 6.92. The van der Waals surface area contributed by atoms with Crippen molar-refractivity contribution in [3.63, 3.8) is 0 Å². The van der Waals surface area contributed by atoms with Crippen LogP contribution in [0.4, 0.5) is 0 Å². The zero-order valence-corrected chi connectivity index (χ0v) is 39.5. The number of dihydropyridines is 1. The Morgan fingerprint density at radius 3 is 2.52 bits per heavy atom. The second-order valence-electron chi connectivity index (χ2n) is 22.9. The van der Waals surface area contributed by atoms with Crippen molar-refractivity contribution in [1.82, 2.24) is 10.6 Å². The summed E-state index contributed by atoms with van der Waals surface area (Å²) >= 11 is 0. The fraction of sp³-hybridized carbons (Fsp3) is 0.830. The van der Waals surface area contributed by atoms with Gasteiger partial charge in [-0.3, -0.25) is 4.79 Å². The number of aliphatic hydroxyl groups is 7. The first kappa shape index (κ1) is 47.7. The van der Waals surface area contributed by atoms with Crippen LogP contribution in [0.15, 0.2) is 34.7 Å². The highest BCUT2D eigenvalue weighted by atomic mass is 16.5. The summed E-state index contributed by atoms with van der Waals surface area (Å²) in [7, 11) is 0. The Morgan fingerprint density at radius 2 is 1.75 bits per heavy atom. The molecule has 2 spiro atoms. The fourth-order valence-corrected chi connectivity index (χ4v) is 16.7. The van der Waals surface area contributed by atoms with Crippen molar-refractivity contribution in [2.24, 2.45) is 51.6 Å². The van der Waals surface area contributed by atoms with Gasteiger partial charge in [0.15, 0.2) is 5.78 Å². The molecule has 0 aromatic rings. The number of ether oxygens (including phenoxy) is 1. The third kappa shape index (κ3) is 7.37. The second-order valence-corrected chi connectivity index (χ2v) is 22.9. The number of Topliss-reactive ketones (excluding diaryl/α,β-unsaturated/α-hetero) is 1. The van der Waals surface area contributed by atoms with Crippen LogP contribution in [-0.4, -0.2) is 108 Å². The number of nitrogens with one attached hydrogen (secondary N) is 2. The van der Waals surface area contributed by atoms with Gasteiger partial charge >= 0.3 is 0 Å². The maximum Gasteiger partial charge on any atom is 0.186 e. The lowest BCUT2D eigenvalue weighted by Crippen LogP contribution is -2.71. The van der Waals surface area contributed by atoms with Crippen LogP contribution in [0.2, 0.25) is 0 Å². The van der Waals surface area contributed by atoms with Gasteiger partial charge in [-0.2, -0.15) is 0 Å². The zero-order chi connectivity index (χ0) is 46.2. The Bertz CT molecular complexity index is 1970. The van der Waals surface area contributed by atoms with Gasteiger partial charge in [-0.15, -0.1) is 11.8 Å². The van der Waals surface area contributed by atoms with Crippen LogP contribution in [0.3, 0.4) is 0 Å². The van der Waals surface area contributed by atoms with Gasteiger partial charge in [0.25, 0.3) is 0 Å². The molecular weight excluding hydrogens is 823 g/mol. The van der Waals surface area contributed by atoms with Crippen LogP contribution in [0.25, 0.3) is 0 Å². The molecule has 2 aliphatic heterocycles. The van der Waals surface area contributed by atoms with E-state index in [2.05, 4.69) is 29.4 Å². The molecule has 12 heteroatoms. The molecule has 12 nitrogen and oxygen atoms in total. The van der Waals surface area contributed by atoms with Crippen LogP contribution in [0.1, 0.15) is 162 Å². The van der Waals surface area contributed by atoms with Crippen molar-refractivity contribution in [2.45, 2.75) is 216 Å². The Labute approximate surface area is 387 Å². The number of rotatable bonds is 13. The molecular formula is C53H81N3O9. The first-order chi connectivity index (χ1) is 31.0. The van der Waals surface area contributed by atoms with E-state index in [0.29, 0.717) is 68.8 Å². The van der Waals surface area contributed by atoms with Gasteiger partial charge < -0.3 is 56.8 Å². The van der Waals surface area contributed by atoms with E-state index in [4.69, 9.17) is 10.5 Å². The Hall–Kier alpha value is -2.31. The van der Waals surface area contributed by atoms with Crippen molar-refractivity contribution in [3.8, 4) is 11.8 Å². The normalized spacial score (nSPS) is 45.9. The first-order valence-corrected chi connectivity index (χ1v) is 25.9. The standard InChI is InChI=1S/C53H81N3O9/c1-4-10-33-13-16-35-36-11-5-6-24-53(64,47(36)65-41(35)17-14-33)48(3,62)42-21-27-52(63)44-37-20-26-49(42,52)22-7-8-23-51(46(61)45(44)55-31-32(2)58)30-40(60)39(59)29-50(37,51)25-19-34-15-18-43(54)56-38(34)12-9-28-57/h15,18,32-33,35-37,39-43,47,55-60,62-64H,4-6,9-14,16-17,19-31,54H2,1-3H3/t32-,33-,35-,36-,37-,39-,40+,41+,42+,43?,47+,48+,49+,50+,51-,52+,53+/m0/s1. The average molecular weight is 904 g/mol. The van der Waals surface area contributed by atoms with Crippen molar-refractivity contribution < 1.29 is 45.3 Å². The lowest BCUT2D eigenvalue weighted by atomic mass is 9.37. The average Bonchev–Trinajstić information content (AvgIpc) is 3.63. The van der Waals surface area contributed by atoms with Crippen LogP contribution in [0, 0.1) is 57.7 Å². The van der Waals surface area contributed by atoms with Gasteiger partial charge in [0, 0.05) is 43.0 Å². The third-order valence-corrected chi connectivity index (χ3v) is 19.8. The number of carbonyl (C=O) groups is 1. The summed E-state index contributed by atoms with van der Waals surface area (Å²) in [5, 5.41) is 91.9. The van der Waals surface area contributed by atoms with E-state index >= 15 is 4.79 Å². The van der Waals surface area contributed by atoms with E-state index in [-0.39, 0.29) is 74.9 Å². The highest BCUT2D eigenvalue weighted by Gasteiger charge is 2.77. The van der Waals surface area contributed by atoms with Crippen molar-refractivity contribution in [2.75, 3.05) is 13.2 Å². The van der Waals surface area contributed by atoms with E-state index in [9.17, 15) is 35.7 Å². The smallest absolute Gasteiger partial charge is 0.186 e. The van der Waals surface area contributed by atoms with Gasteiger partial charge in [0.1, 0.15) is 5.60 Å². The second kappa shape index (κ2) is 17.9. The van der Waals surface area contributed by atoms with E-state index in [1.165, 1.54) is 19.3 Å². The molecule has 0 aromatic carbocycles. The van der Waals surface area contributed by atoms with Gasteiger partial charge in [0.2, 0.25) is 0 Å². The zero-order valence-electron chi connectivity index (χ0n) is 39.5. The molecule has 17 atom stereocenters. The summed E-state index contributed by atoms with van der Waals surface area (Å²) in [4.78, 5) is 15.9. The van der Waals surface area contributed by atoms with Crippen molar-refractivity contribution >= 4 is 5.78 Å². The molecule has 0 radical (unpaired) electrons. The maximum atomic E-state index is 15.9. The lowest BCUT2D eigenvalue weighted by molar-refractivity contribution is -0.255. The number of nitrogens with two attached hydrogens (primary N) is 1. The molecule has 5 saturated carbocycles. The Morgan fingerprint density at radius 1 is 0.985 bits per heavy atom. The SMILES string of the molecule is CCC[C@H]1CC[C@H]2[C@@H]3CCCC[C@](O)([C@](C)(O)[C@H]4CC[C@@]5(O)C6=C(NC[C@H](C)O)C(=O)[C@@]78CC#CC[C@@]45CC[C@@H]6[C@@]7(CCC4=C(CCCO)NC(N)C=C4)C[C@H](O)[C@H](O)C8)[C@@H]3O[C@@H]2CC1. The first-order valence-electron chi connectivity index (χ1n) is 25.9. The molecule has 362 valence electrons. The molecule has 65 heavy (non-hydrogen) atoms. The molecule has 0 aromatic heterocycles. The van der Waals surface area contributed by atoms with E-state index in [1.54, 1.807) is 6.92 Å². The molecule has 2 heterocycles. The van der Waals surface area contributed by atoms with Gasteiger partial charge in [-0.1, -0.05) is 45.1 Å². The summed E-state index contributed by atoms with van der Waals surface area (Å²) in [6.45, 7) is 5.83. The number of ketones is 1. The topological polar surface area (TPSA) is 218 Å². The van der Waals surface area contributed by atoms with Crippen LogP contribution in [0.5, 0.6) is 0 Å². The molecule has 8 aliphatic carbocycles. The Balaban J connectivity index is 1.15. The monoisotopic (exact) mass is 904 g/mol. The van der Waals surface area contributed by atoms with Crippen molar-refractivity contribution in [1.29, 1.82) is 0 Å². The molecule has 1 saturated heterocycles. The van der Waals surface area contributed by atoms with Gasteiger partial charge in [-0.05, 0) is 156 Å². The molecule has 0 amide bonds. The van der Waals surface area contributed by atoms with Crippen LogP contribution < -0.4 is 16.4 Å².